The maximum atomic E-state index is 12.5. The third-order valence-electron chi connectivity index (χ3n) is 4.64. The van der Waals surface area contributed by atoms with Gasteiger partial charge in [-0.15, -0.1) is 0 Å². The number of likely N-dealkylation sites (tertiary alicyclic amines) is 1. The smallest absolute Gasteiger partial charge is 0.321 e. The van der Waals surface area contributed by atoms with Gasteiger partial charge in [-0.2, -0.15) is 11.8 Å². The van der Waals surface area contributed by atoms with Crippen LogP contribution in [-0.2, 0) is 0 Å². The maximum Gasteiger partial charge on any atom is 0.321 e. The number of amides is 2. The van der Waals surface area contributed by atoms with Gasteiger partial charge in [0.25, 0.3) is 0 Å². The van der Waals surface area contributed by atoms with Crippen LogP contribution >= 0.6 is 11.8 Å². The van der Waals surface area contributed by atoms with Crippen molar-refractivity contribution >= 4 is 23.5 Å². The Kier molecular flexibility index (Phi) is 6.78. The third kappa shape index (κ3) is 5.15. The van der Waals surface area contributed by atoms with E-state index in [2.05, 4.69) is 49.5 Å². The van der Waals surface area contributed by atoms with Crippen LogP contribution in [0.15, 0.2) is 24.3 Å². The van der Waals surface area contributed by atoms with Crippen molar-refractivity contribution in [1.29, 1.82) is 0 Å². The number of thioether (sulfide) groups is 1. The van der Waals surface area contributed by atoms with Crippen LogP contribution in [-0.4, -0.2) is 55.3 Å². The van der Waals surface area contributed by atoms with Crippen molar-refractivity contribution in [3.05, 3.63) is 29.8 Å². The highest BCUT2D eigenvalue weighted by Crippen LogP contribution is 2.27. The minimum atomic E-state index is 0.0283. The van der Waals surface area contributed by atoms with Crippen molar-refractivity contribution in [2.45, 2.75) is 25.5 Å². The molecule has 5 heteroatoms. The quantitative estimate of drug-likeness (QED) is 0.856. The van der Waals surface area contributed by atoms with Gasteiger partial charge < -0.3 is 15.1 Å². The Morgan fingerprint density at radius 2 is 2.30 bits per heavy atom. The Bertz CT molecular complexity index is 523. The van der Waals surface area contributed by atoms with E-state index in [1.54, 1.807) is 0 Å². The summed E-state index contributed by atoms with van der Waals surface area (Å²) in [6.45, 7) is 8.19. The monoisotopic (exact) mass is 335 g/mol. The Morgan fingerprint density at radius 3 is 3.00 bits per heavy atom. The van der Waals surface area contributed by atoms with E-state index >= 15 is 0 Å². The predicted octanol–water partition coefficient (Wildman–Crippen LogP) is 3.92. The summed E-state index contributed by atoms with van der Waals surface area (Å²) in [5.41, 5.74) is 2.14. The average Bonchev–Trinajstić information content (AvgIpc) is 3.02. The molecule has 2 atom stereocenters. The lowest BCUT2D eigenvalue weighted by Gasteiger charge is -2.20. The molecule has 1 fully saturated rings. The molecule has 1 aliphatic rings. The second-order valence-corrected chi connectivity index (χ2v) is 7.57. The summed E-state index contributed by atoms with van der Waals surface area (Å²) in [6, 6.07) is 8.20. The van der Waals surface area contributed by atoms with Crippen LogP contribution in [0.2, 0.25) is 0 Å². The number of carbonyl (C=O) groups excluding carboxylic acids is 1. The molecule has 1 heterocycles. The number of nitrogens with one attached hydrogen (secondary N) is 1. The topological polar surface area (TPSA) is 35.6 Å². The van der Waals surface area contributed by atoms with Crippen LogP contribution in [0.5, 0.6) is 0 Å². The summed E-state index contributed by atoms with van der Waals surface area (Å²) in [5, 5.41) is 3.49. The molecule has 0 aromatic heterocycles. The van der Waals surface area contributed by atoms with Crippen LogP contribution in [0.1, 0.15) is 31.1 Å². The van der Waals surface area contributed by atoms with Gasteiger partial charge in [0.1, 0.15) is 0 Å². The van der Waals surface area contributed by atoms with Crippen molar-refractivity contribution in [2.24, 2.45) is 5.92 Å². The van der Waals surface area contributed by atoms with Gasteiger partial charge in [0.15, 0.2) is 0 Å². The molecule has 0 unspecified atom stereocenters. The van der Waals surface area contributed by atoms with E-state index in [0.29, 0.717) is 11.2 Å². The van der Waals surface area contributed by atoms with Crippen LogP contribution in [0.3, 0.4) is 0 Å². The molecular formula is C18H29N3OS. The van der Waals surface area contributed by atoms with Crippen molar-refractivity contribution < 1.29 is 4.79 Å². The molecule has 1 aliphatic heterocycles. The lowest BCUT2D eigenvalue weighted by Crippen LogP contribution is -2.34. The zero-order valence-electron chi connectivity index (χ0n) is 14.7. The van der Waals surface area contributed by atoms with E-state index in [9.17, 15) is 4.79 Å². The van der Waals surface area contributed by atoms with Gasteiger partial charge in [0.05, 0.1) is 0 Å². The molecule has 0 radical (unpaired) electrons. The van der Waals surface area contributed by atoms with Gasteiger partial charge in [0, 0.05) is 30.6 Å². The second-order valence-electron chi connectivity index (χ2n) is 6.39. The van der Waals surface area contributed by atoms with Crippen molar-refractivity contribution in [1.82, 2.24) is 9.80 Å². The molecule has 0 bridgehead atoms. The Labute approximate surface area is 144 Å². The zero-order chi connectivity index (χ0) is 16.8. The highest BCUT2D eigenvalue weighted by molar-refractivity contribution is 7.98. The predicted molar refractivity (Wildman–Crippen MR) is 100 cm³/mol. The number of hydrogen-bond acceptors (Lipinski definition) is 3. The first-order valence-corrected chi connectivity index (χ1v) is 9.69. The Hall–Kier alpha value is -1.20. The number of benzene rings is 1. The third-order valence-corrected chi connectivity index (χ3v) is 5.62. The van der Waals surface area contributed by atoms with Gasteiger partial charge >= 0.3 is 6.03 Å². The molecule has 0 spiro atoms. The standard InChI is InChI=1S/C18H29N3OS/c1-5-20(3)12-15-9-10-21(13-15)18(22)19-17-8-6-7-16(11-17)14(2)23-4/h6-8,11,14-15H,5,9-10,12-13H2,1-4H3,(H,19,22)/t14-,15+/m1/s1. The van der Waals surface area contributed by atoms with E-state index in [1.165, 1.54) is 5.56 Å². The molecule has 2 amide bonds. The summed E-state index contributed by atoms with van der Waals surface area (Å²) in [4.78, 5) is 16.7. The lowest BCUT2D eigenvalue weighted by molar-refractivity contribution is 0.218. The molecule has 1 N–H and O–H groups in total. The highest BCUT2D eigenvalue weighted by Gasteiger charge is 2.26. The highest BCUT2D eigenvalue weighted by atomic mass is 32.2. The Balaban J connectivity index is 1.90. The molecule has 2 rings (SSSR count). The van der Waals surface area contributed by atoms with Gasteiger partial charge in [-0.3, -0.25) is 0 Å². The Morgan fingerprint density at radius 1 is 1.52 bits per heavy atom. The molecule has 128 valence electrons. The molecule has 4 nitrogen and oxygen atoms in total. The van der Waals surface area contributed by atoms with Crippen molar-refractivity contribution in [3.63, 3.8) is 0 Å². The number of anilines is 1. The van der Waals surface area contributed by atoms with E-state index in [1.807, 2.05) is 28.8 Å². The summed E-state index contributed by atoms with van der Waals surface area (Å²) in [6.07, 6.45) is 3.20. The fourth-order valence-corrected chi connectivity index (χ4v) is 3.36. The van der Waals surface area contributed by atoms with Crippen LogP contribution in [0.4, 0.5) is 10.5 Å². The fourth-order valence-electron chi connectivity index (χ4n) is 2.94. The molecular weight excluding hydrogens is 306 g/mol. The van der Waals surface area contributed by atoms with Gasteiger partial charge in [-0.05, 0) is 56.8 Å². The largest absolute Gasteiger partial charge is 0.324 e. The van der Waals surface area contributed by atoms with Crippen molar-refractivity contribution in [3.8, 4) is 0 Å². The number of nitrogens with zero attached hydrogens (tertiary/aromatic N) is 2. The van der Waals surface area contributed by atoms with E-state index in [-0.39, 0.29) is 6.03 Å². The molecule has 1 aromatic carbocycles. The normalized spacial score (nSPS) is 19.2. The number of hydrogen-bond donors (Lipinski definition) is 1. The molecule has 0 saturated carbocycles. The number of urea groups is 1. The SMILES string of the molecule is CCN(C)C[C@@H]1CCN(C(=O)Nc2cccc([C@@H](C)SC)c2)C1. The van der Waals surface area contributed by atoms with E-state index in [4.69, 9.17) is 0 Å². The minimum Gasteiger partial charge on any atom is -0.324 e. The van der Waals surface area contributed by atoms with Crippen LogP contribution in [0, 0.1) is 5.92 Å². The number of carbonyl (C=O) groups is 1. The van der Waals surface area contributed by atoms with Gasteiger partial charge in [-0.1, -0.05) is 19.1 Å². The van der Waals surface area contributed by atoms with Gasteiger partial charge in [0.2, 0.25) is 0 Å². The maximum absolute atomic E-state index is 12.5. The molecule has 0 aliphatic carbocycles. The number of rotatable bonds is 6. The molecule has 1 aromatic rings. The zero-order valence-corrected chi connectivity index (χ0v) is 15.5. The van der Waals surface area contributed by atoms with Crippen LogP contribution < -0.4 is 5.32 Å². The lowest BCUT2D eigenvalue weighted by atomic mass is 10.1. The first kappa shape index (κ1) is 18.1. The average molecular weight is 336 g/mol. The molecule has 1 saturated heterocycles. The first-order valence-electron chi connectivity index (χ1n) is 8.40. The van der Waals surface area contributed by atoms with E-state index < -0.39 is 0 Å². The minimum absolute atomic E-state index is 0.0283. The van der Waals surface area contributed by atoms with Gasteiger partial charge in [-0.25, -0.2) is 4.79 Å². The fraction of sp³-hybridized carbons (Fsp3) is 0.611. The summed E-state index contributed by atoms with van der Waals surface area (Å²) < 4.78 is 0. The second kappa shape index (κ2) is 8.60. The van der Waals surface area contributed by atoms with Crippen LogP contribution in [0.25, 0.3) is 0 Å². The summed E-state index contributed by atoms with van der Waals surface area (Å²) in [7, 11) is 2.14. The van der Waals surface area contributed by atoms with Crippen molar-refractivity contribution in [2.75, 3.05) is 44.8 Å². The molecule has 23 heavy (non-hydrogen) atoms. The first-order chi connectivity index (χ1) is 11.0. The summed E-state index contributed by atoms with van der Waals surface area (Å²) >= 11 is 1.81. The summed E-state index contributed by atoms with van der Waals surface area (Å²) in [5.74, 6) is 0.591. The van der Waals surface area contributed by atoms with E-state index in [0.717, 1.165) is 38.3 Å².